The molecule has 2 aromatic carbocycles. The number of hydrogen-bond donors (Lipinski definition) is 6. The third-order valence-corrected chi connectivity index (χ3v) is 7.38. The average Bonchev–Trinajstić information content (AvgIpc) is 3.46. The van der Waals surface area contributed by atoms with Crippen LogP contribution in [0.25, 0.3) is 10.9 Å². The monoisotopic (exact) mass is 681 g/mol. The van der Waals surface area contributed by atoms with E-state index in [9.17, 15) is 29.1 Å². The first-order valence-electron chi connectivity index (χ1n) is 16.1. The Morgan fingerprint density at radius 1 is 0.857 bits per heavy atom. The van der Waals surface area contributed by atoms with Gasteiger partial charge in [-0.25, -0.2) is 14.4 Å². The number of esters is 1. The van der Waals surface area contributed by atoms with Crippen molar-refractivity contribution in [2.75, 3.05) is 13.7 Å². The number of amides is 4. The van der Waals surface area contributed by atoms with Gasteiger partial charge in [0.15, 0.2) is 6.04 Å². The highest BCUT2D eigenvalue weighted by atomic mass is 16.6. The van der Waals surface area contributed by atoms with Crippen LogP contribution < -0.4 is 21.3 Å². The molecule has 0 bridgehead atoms. The maximum absolute atomic E-state index is 13.8. The fraction of sp³-hybridized carbons (Fsp3) is 0.457. The number of carbonyl (C=O) groups is 5. The minimum absolute atomic E-state index is 0.0664. The van der Waals surface area contributed by atoms with Gasteiger partial charge >= 0.3 is 18.2 Å². The number of aliphatic hydroxyl groups is 1. The first-order chi connectivity index (χ1) is 23.3. The van der Waals surface area contributed by atoms with Gasteiger partial charge in [-0.15, -0.1) is 0 Å². The highest BCUT2D eigenvalue weighted by molar-refractivity contribution is 5.94. The number of aromatic nitrogens is 1. The zero-order chi connectivity index (χ0) is 36.0. The Morgan fingerprint density at radius 3 is 2.20 bits per heavy atom. The Hall–Kier alpha value is -5.11. The summed E-state index contributed by atoms with van der Waals surface area (Å²) in [7, 11) is 1.12. The van der Waals surface area contributed by atoms with E-state index in [0.717, 1.165) is 29.1 Å². The van der Waals surface area contributed by atoms with Crippen molar-refractivity contribution in [1.82, 2.24) is 26.3 Å². The molecule has 4 atom stereocenters. The predicted molar refractivity (Wildman–Crippen MR) is 181 cm³/mol. The summed E-state index contributed by atoms with van der Waals surface area (Å²) in [5.74, 6) is -2.29. The van der Waals surface area contributed by atoms with Crippen LogP contribution in [0.1, 0.15) is 58.1 Å². The number of rotatable bonds is 16. The molecule has 3 rings (SSSR count). The first kappa shape index (κ1) is 38.3. The topological polar surface area (TPSA) is 197 Å². The smallest absolute Gasteiger partial charge is 0.408 e. The minimum atomic E-state index is -1.39. The van der Waals surface area contributed by atoms with E-state index >= 15 is 0 Å². The lowest BCUT2D eigenvalue weighted by atomic mass is 10.0. The van der Waals surface area contributed by atoms with Gasteiger partial charge < -0.3 is 45.6 Å². The number of unbranched alkanes of at least 4 members (excludes halogenated alkanes) is 1. The Bertz CT molecular complexity index is 1550. The molecule has 0 saturated heterocycles. The van der Waals surface area contributed by atoms with E-state index in [0.29, 0.717) is 12.8 Å². The number of aromatic amines is 1. The van der Waals surface area contributed by atoms with Gasteiger partial charge in [0, 0.05) is 30.1 Å². The molecule has 0 unspecified atom stereocenters. The molecular weight excluding hydrogens is 634 g/mol. The summed E-state index contributed by atoms with van der Waals surface area (Å²) in [6.07, 6.45) is -0.0193. The number of H-pyrrole nitrogens is 1. The lowest BCUT2D eigenvalue weighted by Crippen LogP contribution is -2.58. The van der Waals surface area contributed by atoms with Gasteiger partial charge in [-0.3, -0.25) is 9.59 Å². The fourth-order valence-electron chi connectivity index (χ4n) is 4.92. The van der Waals surface area contributed by atoms with Crippen LogP contribution in [-0.2, 0) is 41.6 Å². The number of carbonyl (C=O) groups excluding carboxylic acids is 5. The van der Waals surface area contributed by atoms with E-state index in [2.05, 4.69) is 26.3 Å². The van der Waals surface area contributed by atoms with Crippen LogP contribution in [0.15, 0.2) is 60.8 Å². The van der Waals surface area contributed by atoms with Crippen LogP contribution in [0.4, 0.5) is 9.59 Å². The minimum Gasteiger partial charge on any atom is -0.467 e. The van der Waals surface area contributed by atoms with Crippen LogP contribution >= 0.6 is 0 Å². The molecule has 14 nitrogen and oxygen atoms in total. The summed E-state index contributed by atoms with van der Waals surface area (Å²) in [5.41, 5.74) is 1.60. The molecule has 0 aliphatic rings. The fourth-order valence-corrected chi connectivity index (χ4v) is 4.92. The number of benzene rings is 2. The molecule has 0 aliphatic carbocycles. The number of methoxy groups -OCH3 is 1. The zero-order valence-electron chi connectivity index (χ0n) is 28.5. The number of fused-ring (bicyclic) bond motifs is 1. The molecule has 0 spiro atoms. The van der Waals surface area contributed by atoms with Gasteiger partial charge in [0.25, 0.3) is 0 Å². The standard InChI is InChI=1S/C35H47N5O9/c1-22(41)29(32(44)47-5)40-30(42)27(17-11-12-18-36-33(45)48-21-23-13-7-6-8-14-23)38-31(43)28(39-34(46)49-35(2,3)4)19-24-20-37-26-16-10-9-15-25(24)26/h6-10,13-16,20,22,27-29,37,41H,11-12,17-19,21H2,1-5H3,(H,36,45)(H,38,43)(H,39,46)(H,40,42)/t22-,27+,28+,29-/m0/s1. The van der Waals surface area contributed by atoms with E-state index < -0.39 is 59.8 Å². The number of para-hydroxylation sites is 1. The van der Waals surface area contributed by atoms with Crippen molar-refractivity contribution >= 4 is 40.9 Å². The lowest BCUT2D eigenvalue weighted by Gasteiger charge is -2.26. The molecule has 1 aromatic heterocycles. The SMILES string of the molecule is COC(=O)[C@@H](NC(=O)[C@@H](CCCCNC(=O)OCc1ccccc1)NC(=O)[C@@H](Cc1c[nH]c2ccccc12)NC(=O)OC(C)(C)C)[C@H](C)O. The second-order valence-corrected chi connectivity index (χ2v) is 12.6. The van der Waals surface area contributed by atoms with E-state index in [4.69, 9.17) is 14.2 Å². The Labute approximate surface area is 285 Å². The van der Waals surface area contributed by atoms with Gasteiger partial charge in [0.2, 0.25) is 11.8 Å². The van der Waals surface area contributed by atoms with E-state index in [1.54, 1.807) is 27.0 Å². The van der Waals surface area contributed by atoms with Gasteiger partial charge in [-0.1, -0.05) is 48.5 Å². The summed E-state index contributed by atoms with van der Waals surface area (Å²) < 4.78 is 15.3. The highest BCUT2D eigenvalue weighted by Gasteiger charge is 2.33. The molecule has 0 aliphatic heterocycles. The van der Waals surface area contributed by atoms with Gasteiger partial charge in [0.05, 0.1) is 13.2 Å². The Kier molecular flexibility index (Phi) is 14.4. The third-order valence-electron chi connectivity index (χ3n) is 7.38. The molecular formula is C35H47N5O9. The van der Waals surface area contributed by atoms with E-state index in [1.807, 2.05) is 54.6 Å². The van der Waals surface area contributed by atoms with E-state index in [-0.39, 0.29) is 26.0 Å². The molecule has 266 valence electrons. The third kappa shape index (κ3) is 12.8. The van der Waals surface area contributed by atoms with Gasteiger partial charge in [0.1, 0.15) is 24.3 Å². The van der Waals surface area contributed by atoms with Crippen LogP contribution in [0.5, 0.6) is 0 Å². The van der Waals surface area contributed by atoms with Crippen LogP contribution in [0.2, 0.25) is 0 Å². The van der Waals surface area contributed by atoms with Crippen molar-refractivity contribution in [2.24, 2.45) is 0 Å². The second kappa shape index (κ2) is 18.4. The summed E-state index contributed by atoms with van der Waals surface area (Å²) >= 11 is 0. The second-order valence-electron chi connectivity index (χ2n) is 12.6. The first-order valence-corrected chi connectivity index (χ1v) is 16.1. The number of aliphatic hydroxyl groups excluding tert-OH is 1. The molecule has 6 N–H and O–H groups in total. The number of ether oxygens (including phenoxy) is 3. The molecule has 49 heavy (non-hydrogen) atoms. The van der Waals surface area contributed by atoms with Crippen molar-refractivity contribution in [3.8, 4) is 0 Å². The van der Waals surface area contributed by atoms with Crippen molar-refractivity contribution in [1.29, 1.82) is 0 Å². The van der Waals surface area contributed by atoms with Crippen molar-refractivity contribution < 1.29 is 43.3 Å². The van der Waals surface area contributed by atoms with Crippen LogP contribution in [0, 0.1) is 0 Å². The molecule has 0 radical (unpaired) electrons. The molecule has 1 heterocycles. The Morgan fingerprint density at radius 2 is 1.53 bits per heavy atom. The van der Waals surface area contributed by atoms with Crippen molar-refractivity contribution in [3.05, 3.63) is 71.9 Å². The summed E-state index contributed by atoms with van der Waals surface area (Å²) in [5, 5.41) is 21.4. The quantitative estimate of drug-likeness (QED) is 0.0747. The Balaban J connectivity index is 1.72. The largest absolute Gasteiger partial charge is 0.467 e. The molecule has 0 saturated carbocycles. The number of hydrogen-bond acceptors (Lipinski definition) is 9. The van der Waals surface area contributed by atoms with Crippen LogP contribution in [-0.4, -0.2) is 83.5 Å². The van der Waals surface area contributed by atoms with Gasteiger partial charge in [-0.05, 0) is 64.2 Å². The average molecular weight is 682 g/mol. The number of alkyl carbamates (subject to hydrolysis) is 2. The van der Waals surface area contributed by atoms with Gasteiger partial charge in [-0.2, -0.15) is 0 Å². The normalized spacial score (nSPS) is 13.7. The molecule has 0 fully saturated rings. The maximum Gasteiger partial charge on any atom is 0.408 e. The predicted octanol–water partition coefficient (Wildman–Crippen LogP) is 3.22. The van der Waals surface area contributed by atoms with Crippen molar-refractivity contribution in [2.45, 2.75) is 89.8 Å². The zero-order valence-corrected chi connectivity index (χ0v) is 28.5. The lowest BCUT2D eigenvalue weighted by molar-refractivity contribution is -0.148. The molecule has 4 amide bonds. The molecule has 14 heteroatoms. The molecule has 3 aromatic rings. The summed E-state index contributed by atoms with van der Waals surface area (Å²) in [6, 6.07) is 13.0. The van der Waals surface area contributed by atoms with E-state index in [1.165, 1.54) is 6.92 Å². The van der Waals surface area contributed by atoms with Crippen molar-refractivity contribution in [3.63, 3.8) is 0 Å². The highest BCUT2D eigenvalue weighted by Crippen LogP contribution is 2.20. The summed E-state index contributed by atoms with van der Waals surface area (Å²) in [4.78, 5) is 67.7. The summed E-state index contributed by atoms with van der Waals surface area (Å²) in [6.45, 7) is 6.75. The van der Waals surface area contributed by atoms with Crippen LogP contribution in [0.3, 0.4) is 0 Å². The number of nitrogens with one attached hydrogen (secondary N) is 5. The maximum atomic E-state index is 13.8.